The SMILES string of the molecule is CCCCC[I-]N(CC)c1cc2c(ccc3cnc(Nc4cccc(S)c4)nc32)s1. The third-order valence-corrected chi connectivity index (χ3v) is 9.82. The van der Waals surface area contributed by atoms with Gasteiger partial charge in [0.2, 0.25) is 0 Å². The molecule has 4 nitrogen and oxygen atoms in total. The van der Waals surface area contributed by atoms with Gasteiger partial charge >= 0.3 is 199 Å². The molecule has 0 radical (unpaired) electrons. The van der Waals surface area contributed by atoms with E-state index in [4.69, 9.17) is 4.98 Å². The number of nitrogens with zero attached hydrogens (tertiary/aromatic N) is 3. The normalized spacial score (nSPS) is 11.4. The summed E-state index contributed by atoms with van der Waals surface area (Å²) in [5, 5.41) is 6.97. The molecule has 0 amide bonds. The Hall–Kier alpha value is -1.58. The molecule has 0 unspecified atom stereocenters. The number of hydrogen-bond donors (Lipinski definition) is 2. The Morgan fingerprint density at radius 3 is 2.83 bits per heavy atom. The number of unbranched alkanes of at least 4 members (excludes halogenated alkanes) is 2. The summed E-state index contributed by atoms with van der Waals surface area (Å²) in [7, 11) is 0. The first kappa shape index (κ1) is 21.6. The van der Waals surface area contributed by atoms with Crippen LogP contribution in [-0.2, 0) is 0 Å². The van der Waals surface area contributed by atoms with Crippen molar-refractivity contribution in [3.63, 3.8) is 0 Å². The van der Waals surface area contributed by atoms with Gasteiger partial charge in [0.15, 0.2) is 0 Å². The Balaban J connectivity index is 1.64. The zero-order chi connectivity index (χ0) is 20.9. The Labute approximate surface area is 198 Å². The fourth-order valence-corrected chi connectivity index (χ4v) is 7.59. The van der Waals surface area contributed by atoms with Crippen LogP contribution in [0.4, 0.5) is 16.6 Å². The number of hydrogen-bond acceptors (Lipinski definition) is 6. The van der Waals surface area contributed by atoms with E-state index in [-0.39, 0.29) is 21.5 Å². The second kappa shape index (κ2) is 10.2. The zero-order valence-corrected chi connectivity index (χ0v) is 21.1. The van der Waals surface area contributed by atoms with Crippen molar-refractivity contribution in [2.24, 2.45) is 0 Å². The topological polar surface area (TPSA) is 41.1 Å². The molecular weight excluding hydrogens is 523 g/mol. The van der Waals surface area contributed by atoms with Crippen molar-refractivity contribution < 1.29 is 21.5 Å². The van der Waals surface area contributed by atoms with E-state index in [9.17, 15) is 0 Å². The quantitative estimate of drug-likeness (QED) is 0.109. The zero-order valence-electron chi connectivity index (χ0n) is 17.2. The predicted molar refractivity (Wildman–Crippen MR) is 129 cm³/mol. The number of aromatic nitrogens is 2. The molecule has 30 heavy (non-hydrogen) atoms. The summed E-state index contributed by atoms with van der Waals surface area (Å²) in [5.41, 5.74) is 1.95. The van der Waals surface area contributed by atoms with E-state index in [1.165, 1.54) is 38.8 Å². The Morgan fingerprint density at radius 2 is 2.03 bits per heavy atom. The van der Waals surface area contributed by atoms with Crippen LogP contribution in [0.15, 0.2) is 53.6 Å². The van der Waals surface area contributed by atoms with Gasteiger partial charge in [-0.3, -0.25) is 0 Å². The Kier molecular flexibility index (Phi) is 7.32. The van der Waals surface area contributed by atoms with Gasteiger partial charge in [-0.25, -0.2) is 0 Å². The molecule has 2 aromatic carbocycles. The number of thiol groups is 1. The predicted octanol–water partition coefficient (Wildman–Crippen LogP) is 3.90. The van der Waals surface area contributed by atoms with E-state index in [0.717, 1.165) is 28.0 Å². The second-order valence-electron chi connectivity index (χ2n) is 7.06. The first-order valence-electron chi connectivity index (χ1n) is 10.3. The van der Waals surface area contributed by atoms with Gasteiger partial charge in [-0.15, -0.1) is 0 Å². The van der Waals surface area contributed by atoms with Gasteiger partial charge in [-0.05, 0) is 0 Å². The van der Waals surface area contributed by atoms with Gasteiger partial charge in [-0.2, -0.15) is 0 Å². The monoisotopic (exact) mass is 549 g/mol. The third kappa shape index (κ3) is 5.00. The van der Waals surface area contributed by atoms with Crippen molar-refractivity contribution in [3.8, 4) is 0 Å². The third-order valence-electron chi connectivity index (χ3n) is 4.82. The molecule has 0 aliphatic carbocycles. The molecule has 0 fully saturated rings. The van der Waals surface area contributed by atoms with Crippen LogP contribution in [0.5, 0.6) is 0 Å². The van der Waals surface area contributed by atoms with Crippen molar-refractivity contribution in [2.75, 3.05) is 19.4 Å². The maximum atomic E-state index is 4.86. The standard InChI is InChI=1S/C23H26IN4S2/c1-3-5-6-12-24-28(4-2)21-14-19-20(30-21)11-10-16-15-25-23(27-22(16)19)26-17-8-7-9-18(29)13-17/h7-11,13-15,29H,3-6,12H2,1-2H3,(H,25,26,27)/q-1. The first-order valence-corrected chi connectivity index (χ1v) is 14.1. The summed E-state index contributed by atoms with van der Waals surface area (Å²) in [5.74, 6) is 0.612. The average Bonchev–Trinajstić information content (AvgIpc) is 3.18. The molecule has 0 aliphatic rings. The van der Waals surface area contributed by atoms with Gasteiger partial charge in [0.05, 0.1) is 0 Å². The van der Waals surface area contributed by atoms with Crippen molar-refractivity contribution >= 4 is 61.6 Å². The first-order chi connectivity index (χ1) is 14.7. The number of thiophene rings is 1. The van der Waals surface area contributed by atoms with E-state index in [1.807, 2.05) is 41.8 Å². The fraction of sp³-hybridized carbons (Fsp3) is 0.304. The summed E-state index contributed by atoms with van der Waals surface area (Å²) in [6, 6.07) is 14.6. The fourth-order valence-electron chi connectivity index (χ4n) is 3.29. The van der Waals surface area contributed by atoms with Gasteiger partial charge in [-0.1, -0.05) is 0 Å². The van der Waals surface area contributed by atoms with Crippen molar-refractivity contribution in [3.05, 3.63) is 48.7 Å². The molecule has 4 rings (SSSR count). The van der Waals surface area contributed by atoms with Crippen molar-refractivity contribution in [1.29, 1.82) is 0 Å². The van der Waals surface area contributed by atoms with Crippen LogP contribution >= 0.6 is 24.0 Å². The number of fused-ring (bicyclic) bond motifs is 3. The molecule has 0 spiro atoms. The van der Waals surface area contributed by atoms with E-state index >= 15 is 0 Å². The van der Waals surface area contributed by atoms with Crippen LogP contribution in [0.3, 0.4) is 0 Å². The van der Waals surface area contributed by atoms with Crippen LogP contribution in [0, 0.1) is 0 Å². The molecule has 0 saturated heterocycles. The summed E-state index contributed by atoms with van der Waals surface area (Å²) in [6.45, 7) is 5.61. The summed E-state index contributed by atoms with van der Waals surface area (Å²) in [6.07, 6.45) is 5.89. The molecule has 158 valence electrons. The van der Waals surface area contributed by atoms with E-state index in [0.29, 0.717) is 5.95 Å². The summed E-state index contributed by atoms with van der Waals surface area (Å²) >= 11 is 6.33. The van der Waals surface area contributed by atoms with Gasteiger partial charge in [0, 0.05) is 0 Å². The molecule has 7 heteroatoms. The molecule has 0 saturated carbocycles. The van der Waals surface area contributed by atoms with E-state index < -0.39 is 0 Å². The number of halogens is 1. The van der Waals surface area contributed by atoms with E-state index in [1.54, 1.807) is 0 Å². The van der Waals surface area contributed by atoms with Gasteiger partial charge in [0.25, 0.3) is 0 Å². The van der Waals surface area contributed by atoms with Crippen molar-refractivity contribution in [1.82, 2.24) is 9.97 Å². The summed E-state index contributed by atoms with van der Waals surface area (Å²) < 4.78 is 5.25. The minimum absolute atomic E-state index is 0.0335. The van der Waals surface area contributed by atoms with Crippen LogP contribution < -0.4 is 29.9 Å². The molecule has 0 atom stereocenters. The molecule has 0 bridgehead atoms. The number of alkyl halides is 1. The average molecular weight is 550 g/mol. The van der Waals surface area contributed by atoms with Crippen LogP contribution in [0.2, 0.25) is 0 Å². The number of rotatable bonds is 9. The minimum atomic E-state index is 0.0335. The number of benzene rings is 2. The molecule has 2 aromatic heterocycles. The van der Waals surface area contributed by atoms with Crippen molar-refractivity contribution in [2.45, 2.75) is 38.0 Å². The number of nitrogens with one attached hydrogen (secondary N) is 1. The van der Waals surface area contributed by atoms with Crippen LogP contribution in [0.25, 0.3) is 21.0 Å². The van der Waals surface area contributed by atoms with Gasteiger partial charge in [0.1, 0.15) is 0 Å². The van der Waals surface area contributed by atoms with Crippen LogP contribution in [0.1, 0.15) is 33.1 Å². The Bertz CT molecular complexity index is 1140. The Morgan fingerprint density at radius 1 is 1.13 bits per heavy atom. The summed E-state index contributed by atoms with van der Waals surface area (Å²) in [4.78, 5) is 10.3. The van der Waals surface area contributed by atoms with Gasteiger partial charge < -0.3 is 0 Å². The molecule has 0 aliphatic heterocycles. The second-order valence-corrected chi connectivity index (χ2v) is 11.6. The molecule has 1 N–H and O–H groups in total. The maximum absolute atomic E-state index is 4.86. The van der Waals surface area contributed by atoms with Crippen LogP contribution in [-0.4, -0.2) is 20.9 Å². The molecule has 2 heterocycles. The number of anilines is 3. The molecule has 4 aromatic rings. The van der Waals surface area contributed by atoms with E-state index in [2.05, 4.69) is 58.1 Å². The molecular formula is C23H26IN4S2-.